The van der Waals surface area contributed by atoms with Gasteiger partial charge in [-0.05, 0) is 56.0 Å². The number of aryl methyl sites for hydroxylation is 1. The van der Waals surface area contributed by atoms with Crippen molar-refractivity contribution in [1.29, 1.82) is 0 Å². The Balaban J connectivity index is 2.12. The third-order valence-electron chi connectivity index (χ3n) is 5.23. The molecule has 1 saturated carbocycles. The minimum absolute atomic E-state index is 0.363. The highest BCUT2D eigenvalue weighted by atomic mass is 14.9. The van der Waals surface area contributed by atoms with Gasteiger partial charge in [-0.15, -0.1) is 0 Å². The maximum Gasteiger partial charge on any atom is 0.0100 e. The third kappa shape index (κ3) is 3.63. The lowest BCUT2D eigenvalue weighted by Crippen LogP contribution is -2.46. The zero-order valence-electron chi connectivity index (χ0n) is 13.9. The number of rotatable bonds is 4. The van der Waals surface area contributed by atoms with Gasteiger partial charge in [-0.1, -0.05) is 57.0 Å². The van der Waals surface area contributed by atoms with Crippen LogP contribution in [-0.2, 0) is 6.42 Å². The summed E-state index contributed by atoms with van der Waals surface area (Å²) in [5.74, 6) is 1.66. The molecule has 0 saturated heterocycles. The van der Waals surface area contributed by atoms with Gasteiger partial charge < -0.3 is 5.32 Å². The topological polar surface area (TPSA) is 12.0 Å². The highest BCUT2D eigenvalue weighted by Crippen LogP contribution is 2.42. The molecule has 112 valence electrons. The Labute approximate surface area is 125 Å². The second-order valence-electron chi connectivity index (χ2n) is 7.57. The predicted octanol–water partition coefficient (Wildman–Crippen LogP) is 4.59. The zero-order chi connectivity index (χ0) is 14.8. The van der Waals surface area contributed by atoms with Crippen LogP contribution in [0.15, 0.2) is 24.3 Å². The van der Waals surface area contributed by atoms with Crippen LogP contribution in [0.4, 0.5) is 0 Å². The molecule has 3 atom stereocenters. The van der Waals surface area contributed by atoms with Crippen molar-refractivity contribution < 1.29 is 0 Å². The molecule has 1 N–H and O–H groups in total. The summed E-state index contributed by atoms with van der Waals surface area (Å²) in [7, 11) is 2.14. The van der Waals surface area contributed by atoms with Crippen LogP contribution < -0.4 is 5.32 Å². The molecule has 0 radical (unpaired) electrons. The van der Waals surface area contributed by atoms with Gasteiger partial charge in [0.05, 0.1) is 0 Å². The largest absolute Gasteiger partial charge is 0.317 e. The Morgan fingerprint density at radius 3 is 2.65 bits per heavy atom. The first-order valence-electron chi connectivity index (χ1n) is 8.15. The molecule has 1 aromatic carbocycles. The summed E-state index contributed by atoms with van der Waals surface area (Å²) in [6, 6.07) is 9.70. The molecular weight excluding hydrogens is 242 g/mol. The van der Waals surface area contributed by atoms with Gasteiger partial charge >= 0.3 is 0 Å². The van der Waals surface area contributed by atoms with Gasteiger partial charge in [0, 0.05) is 6.04 Å². The van der Waals surface area contributed by atoms with Crippen molar-refractivity contribution in [3.8, 4) is 0 Å². The average Bonchev–Trinajstić information content (AvgIpc) is 2.37. The molecule has 1 nitrogen and oxygen atoms in total. The minimum atomic E-state index is 0.363. The lowest BCUT2D eigenvalue weighted by Gasteiger charge is -2.44. The van der Waals surface area contributed by atoms with E-state index in [0.29, 0.717) is 11.5 Å². The van der Waals surface area contributed by atoms with E-state index in [1.807, 2.05) is 0 Å². The van der Waals surface area contributed by atoms with E-state index < -0.39 is 0 Å². The van der Waals surface area contributed by atoms with E-state index in [1.54, 1.807) is 0 Å². The van der Waals surface area contributed by atoms with E-state index in [4.69, 9.17) is 0 Å². The number of nitrogens with one attached hydrogen (secondary N) is 1. The van der Waals surface area contributed by atoms with Gasteiger partial charge in [0.25, 0.3) is 0 Å². The fourth-order valence-electron chi connectivity index (χ4n) is 4.11. The summed E-state index contributed by atoms with van der Waals surface area (Å²) < 4.78 is 0. The second-order valence-corrected chi connectivity index (χ2v) is 7.57. The van der Waals surface area contributed by atoms with Gasteiger partial charge in [0.2, 0.25) is 0 Å². The fourth-order valence-corrected chi connectivity index (χ4v) is 4.11. The summed E-state index contributed by atoms with van der Waals surface area (Å²) in [4.78, 5) is 0. The molecule has 0 aliphatic heterocycles. The third-order valence-corrected chi connectivity index (χ3v) is 5.23. The van der Waals surface area contributed by atoms with Crippen LogP contribution in [-0.4, -0.2) is 13.1 Å². The molecule has 1 aliphatic rings. The van der Waals surface area contributed by atoms with Crippen LogP contribution in [0.3, 0.4) is 0 Å². The van der Waals surface area contributed by atoms with Crippen LogP contribution in [0.2, 0.25) is 0 Å². The summed E-state index contributed by atoms with van der Waals surface area (Å²) in [5, 5.41) is 3.59. The molecular formula is C19H31N. The van der Waals surface area contributed by atoms with Crippen LogP contribution >= 0.6 is 0 Å². The molecule has 1 fully saturated rings. The summed E-state index contributed by atoms with van der Waals surface area (Å²) in [6.45, 7) is 9.50. The average molecular weight is 273 g/mol. The van der Waals surface area contributed by atoms with E-state index in [0.717, 1.165) is 11.8 Å². The Morgan fingerprint density at radius 1 is 1.25 bits per heavy atom. The molecule has 1 heteroatoms. The van der Waals surface area contributed by atoms with E-state index in [1.165, 1.54) is 36.8 Å². The van der Waals surface area contributed by atoms with Crippen molar-refractivity contribution in [1.82, 2.24) is 5.32 Å². The van der Waals surface area contributed by atoms with Gasteiger partial charge in [-0.3, -0.25) is 0 Å². The summed E-state index contributed by atoms with van der Waals surface area (Å²) in [5.41, 5.74) is 3.23. The Hall–Kier alpha value is -0.820. The molecule has 1 aliphatic carbocycles. The summed E-state index contributed by atoms with van der Waals surface area (Å²) in [6.07, 6.45) is 5.27. The normalized spacial score (nSPS) is 27.6. The van der Waals surface area contributed by atoms with E-state index in [-0.39, 0.29) is 0 Å². The SMILES string of the molecule is CNC1CC(C)CCC1C(C)(C)Cc1cccc(C)c1. The molecule has 2 rings (SSSR count). The second kappa shape index (κ2) is 6.30. The number of hydrogen-bond donors (Lipinski definition) is 1. The monoisotopic (exact) mass is 273 g/mol. The fraction of sp³-hybridized carbons (Fsp3) is 0.684. The van der Waals surface area contributed by atoms with Gasteiger partial charge in [-0.2, -0.15) is 0 Å². The first kappa shape index (κ1) is 15.6. The van der Waals surface area contributed by atoms with E-state index in [2.05, 4.69) is 64.3 Å². The van der Waals surface area contributed by atoms with Crippen molar-refractivity contribution in [2.24, 2.45) is 17.3 Å². The molecule has 0 bridgehead atoms. The van der Waals surface area contributed by atoms with Crippen LogP contribution in [0, 0.1) is 24.2 Å². The molecule has 0 amide bonds. The zero-order valence-corrected chi connectivity index (χ0v) is 13.9. The molecule has 0 heterocycles. The first-order valence-corrected chi connectivity index (χ1v) is 8.15. The maximum atomic E-state index is 3.59. The van der Waals surface area contributed by atoms with Gasteiger partial charge in [0.1, 0.15) is 0 Å². The predicted molar refractivity (Wildman–Crippen MR) is 88.0 cm³/mol. The quantitative estimate of drug-likeness (QED) is 0.846. The first-order chi connectivity index (χ1) is 9.42. The smallest absolute Gasteiger partial charge is 0.0100 e. The molecule has 0 spiro atoms. The van der Waals surface area contributed by atoms with Crippen molar-refractivity contribution in [3.05, 3.63) is 35.4 Å². The molecule has 20 heavy (non-hydrogen) atoms. The standard InChI is InChI=1S/C19H31N/c1-14-7-6-8-16(11-14)13-19(3,4)17-10-9-15(2)12-18(17)20-5/h6-8,11,15,17-18,20H,9-10,12-13H2,1-5H3. The Kier molecular flexibility index (Phi) is 4.90. The van der Waals surface area contributed by atoms with Crippen molar-refractivity contribution >= 4 is 0 Å². The Morgan fingerprint density at radius 2 is 2.00 bits per heavy atom. The lowest BCUT2D eigenvalue weighted by molar-refractivity contribution is 0.0980. The van der Waals surface area contributed by atoms with Gasteiger partial charge in [0.15, 0.2) is 0 Å². The molecule has 3 unspecified atom stereocenters. The number of hydrogen-bond acceptors (Lipinski definition) is 1. The summed E-state index contributed by atoms with van der Waals surface area (Å²) >= 11 is 0. The highest BCUT2D eigenvalue weighted by Gasteiger charge is 2.38. The van der Waals surface area contributed by atoms with Crippen LogP contribution in [0.1, 0.15) is 51.2 Å². The van der Waals surface area contributed by atoms with Crippen molar-refractivity contribution in [2.75, 3.05) is 7.05 Å². The Bertz CT molecular complexity index is 435. The van der Waals surface area contributed by atoms with E-state index in [9.17, 15) is 0 Å². The van der Waals surface area contributed by atoms with Gasteiger partial charge in [-0.25, -0.2) is 0 Å². The molecule has 0 aromatic heterocycles. The van der Waals surface area contributed by atoms with Crippen molar-refractivity contribution in [2.45, 2.75) is 59.4 Å². The van der Waals surface area contributed by atoms with Crippen LogP contribution in [0.25, 0.3) is 0 Å². The lowest BCUT2D eigenvalue weighted by atomic mass is 9.64. The van der Waals surface area contributed by atoms with Crippen LogP contribution in [0.5, 0.6) is 0 Å². The maximum absolute atomic E-state index is 3.59. The molecule has 1 aromatic rings. The van der Waals surface area contributed by atoms with E-state index >= 15 is 0 Å². The van der Waals surface area contributed by atoms with Crippen molar-refractivity contribution in [3.63, 3.8) is 0 Å². The number of benzene rings is 1. The highest BCUT2D eigenvalue weighted by molar-refractivity contribution is 5.23. The minimum Gasteiger partial charge on any atom is -0.317 e.